The molecule has 0 N–H and O–H groups in total. The Morgan fingerprint density at radius 1 is 0.341 bits per heavy atom. The van der Waals surface area contributed by atoms with Gasteiger partial charge in [0.1, 0.15) is 0 Å². The number of benzene rings is 2. The molecule has 0 radical (unpaired) electrons. The van der Waals surface area contributed by atoms with Crippen molar-refractivity contribution in [2.24, 2.45) is 0 Å². The average molecular weight is 605 g/mol. The molecule has 0 fully saturated rings. The van der Waals surface area contributed by atoms with E-state index >= 15 is 0 Å². The zero-order chi connectivity index (χ0) is 31.5. The summed E-state index contributed by atoms with van der Waals surface area (Å²) in [4.78, 5) is 4.98. The minimum absolute atomic E-state index is 1.04. The van der Waals surface area contributed by atoms with Crippen molar-refractivity contribution in [1.82, 2.24) is 9.80 Å². The third-order valence-corrected chi connectivity index (χ3v) is 9.43. The second-order valence-electron chi connectivity index (χ2n) is 13.9. The molecule has 0 aliphatic heterocycles. The molecule has 0 saturated heterocycles. The van der Waals surface area contributed by atoms with Gasteiger partial charge in [0.2, 0.25) is 0 Å². The van der Waals surface area contributed by atoms with E-state index in [-0.39, 0.29) is 0 Å². The van der Waals surface area contributed by atoms with Crippen molar-refractivity contribution in [3.8, 4) is 11.1 Å². The summed E-state index contributed by atoms with van der Waals surface area (Å²) < 4.78 is 0. The Balaban J connectivity index is 1.54. The molecule has 0 unspecified atom stereocenters. The number of rotatable bonds is 29. The molecule has 0 aliphatic rings. The van der Waals surface area contributed by atoms with E-state index in [2.05, 4.69) is 86.3 Å². The van der Waals surface area contributed by atoms with Gasteiger partial charge < -0.3 is 9.80 Å². The molecule has 0 bridgehead atoms. The first-order valence-electron chi connectivity index (χ1n) is 19.2. The van der Waals surface area contributed by atoms with Crippen LogP contribution in [0.25, 0.3) is 11.1 Å². The van der Waals surface area contributed by atoms with Crippen LogP contribution >= 0.6 is 0 Å². The minimum atomic E-state index is 1.04. The highest BCUT2D eigenvalue weighted by Gasteiger charge is 2.05. The van der Waals surface area contributed by atoms with Crippen LogP contribution in [0.3, 0.4) is 0 Å². The van der Waals surface area contributed by atoms with Gasteiger partial charge in [-0.2, -0.15) is 0 Å². The van der Waals surface area contributed by atoms with Crippen LogP contribution in [0.2, 0.25) is 0 Å². The third-order valence-electron chi connectivity index (χ3n) is 9.43. The molecule has 0 aromatic heterocycles. The molecule has 0 heterocycles. The molecule has 2 aromatic rings. The summed E-state index contributed by atoms with van der Waals surface area (Å²) in [5, 5.41) is 0. The second kappa shape index (κ2) is 26.6. The van der Waals surface area contributed by atoms with Crippen molar-refractivity contribution >= 4 is 0 Å². The smallest absolute Gasteiger partial charge is 0.0230 e. The van der Waals surface area contributed by atoms with E-state index in [0.717, 1.165) is 13.1 Å². The summed E-state index contributed by atoms with van der Waals surface area (Å²) in [7, 11) is 4.55. The van der Waals surface area contributed by atoms with Crippen LogP contribution in [0, 0.1) is 0 Å². The molecule has 0 atom stereocenters. The minimum Gasteiger partial charge on any atom is -0.302 e. The number of nitrogens with zero attached hydrogens (tertiary/aromatic N) is 2. The van der Waals surface area contributed by atoms with Gasteiger partial charge in [-0.3, -0.25) is 0 Å². The molecule has 0 amide bonds. The Labute approximate surface area is 275 Å². The predicted octanol–water partition coefficient (Wildman–Crippen LogP) is 12.8. The van der Waals surface area contributed by atoms with Crippen LogP contribution in [-0.2, 0) is 13.1 Å². The molecule has 44 heavy (non-hydrogen) atoms. The Morgan fingerprint density at radius 3 is 0.864 bits per heavy atom. The molecule has 2 nitrogen and oxygen atoms in total. The van der Waals surface area contributed by atoms with Crippen molar-refractivity contribution in [1.29, 1.82) is 0 Å². The summed E-state index contributed by atoms with van der Waals surface area (Å²) in [6.07, 6.45) is 31.1. The normalized spacial score (nSPS) is 11.7. The average Bonchev–Trinajstić information content (AvgIpc) is 3.03. The first-order chi connectivity index (χ1) is 21.6. The molecular formula is C42H72N2. The van der Waals surface area contributed by atoms with Crippen LogP contribution in [0.4, 0.5) is 0 Å². The summed E-state index contributed by atoms with van der Waals surface area (Å²) in [5.74, 6) is 0. The monoisotopic (exact) mass is 605 g/mol. The first kappa shape index (κ1) is 38.5. The molecule has 2 rings (SSSR count). The van der Waals surface area contributed by atoms with Gasteiger partial charge >= 0.3 is 0 Å². The van der Waals surface area contributed by atoms with E-state index < -0.39 is 0 Å². The van der Waals surface area contributed by atoms with Gasteiger partial charge in [-0.25, -0.2) is 0 Å². The SMILES string of the molecule is CCCCCCCCCCCCCN(C)Cc1ccc(-c2ccc(CN(C)CCCCCCCCCCCCC)cc2)cc1. The van der Waals surface area contributed by atoms with E-state index in [1.807, 2.05) is 0 Å². The summed E-state index contributed by atoms with van der Waals surface area (Å²) in [5.41, 5.74) is 5.48. The molecule has 2 heteroatoms. The maximum absolute atomic E-state index is 2.49. The molecule has 0 aliphatic carbocycles. The number of hydrogen-bond acceptors (Lipinski definition) is 2. The predicted molar refractivity (Wildman–Crippen MR) is 197 cm³/mol. The quantitative estimate of drug-likeness (QED) is 0.0852. The van der Waals surface area contributed by atoms with Crippen LogP contribution in [0.1, 0.15) is 166 Å². The van der Waals surface area contributed by atoms with Gasteiger partial charge in [-0.1, -0.05) is 191 Å². The fourth-order valence-electron chi connectivity index (χ4n) is 6.48. The molecule has 0 saturated carbocycles. The zero-order valence-electron chi connectivity index (χ0n) is 29.9. The van der Waals surface area contributed by atoms with Gasteiger partial charge in [-0.15, -0.1) is 0 Å². The Morgan fingerprint density at radius 2 is 0.591 bits per heavy atom. The van der Waals surface area contributed by atoms with Crippen molar-refractivity contribution in [2.75, 3.05) is 27.2 Å². The van der Waals surface area contributed by atoms with Gasteiger partial charge in [0.25, 0.3) is 0 Å². The lowest BCUT2D eigenvalue weighted by Crippen LogP contribution is -2.19. The van der Waals surface area contributed by atoms with E-state index in [1.165, 1.54) is 177 Å². The van der Waals surface area contributed by atoms with Crippen LogP contribution in [0.5, 0.6) is 0 Å². The highest BCUT2D eigenvalue weighted by Crippen LogP contribution is 2.22. The summed E-state index contributed by atoms with van der Waals surface area (Å²) in [6, 6.07) is 18.5. The zero-order valence-corrected chi connectivity index (χ0v) is 29.9. The molecule has 250 valence electrons. The fraction of sp³-hybridized carbons (Fsp3) is 0.714. The van der Waals surface area contributed by atoms with Gasteiger partial charge in [0.05, 0.1) is 0 Å². The Hall–Kier alpha value is -1.64. The number of unbranched alkanes of at least 4 members (excludes halogenated alkanes) is 20. The van der Waals surface area contributed by atoms with Crippen molar-refractivity contribution < 1.29 is 0 Å². The van der Waals surface area contributed by atoms with Crippen molar-refractivity contribution in [2.45, 2.75) is 168 Å². The summed E-state index contributed by atoms with van der Waals surface area (Å²) in [6.45, 7) is 9.09. The second-order valence-corrected chi connectivity index (χ2v) is 13.9. The molecule has 0 spiro atoms. The van der Waals surface area contributed by atoms with Crippen molar-refractivity contribution in [3.63, 3.8) is 0 Å². The third kappa shape index (κ3) is 19.7. The van der Waals surface area contributed by atoms with Crippen LogP contribution in [0.15, 0.2) is 48.5 Å². The highest BCUT2D eigenvalue weighted by atomic mass is 15.1. The van der Waals surface area contributed by atoms with Gasteiger partial charge in [0.15, 0.2) is 0 Å². The van der Waals surface area contributed by atoms with Crippen LogP contribution in [-0.4, -0.2) is 37.0 Å². The topological polar surface area (TPSA) is 6.48 Å². The van der Waals surface area contributed by atoms with E-state index in [4.69, 9.17) is 0 Å². The first-order valence-corrected chi connectivity index (χ1v) is 19.2. The van der Waals surface area contributed by atoms with E-state index in [1.54, 1.807) is 0 Å². The fourth-order valence-corrected chi connectivity index (χ4v) is 6.48. The van der Waals surface area contributed by atoms with Crippen LogP contribution < -0.4 is 0 Å². The van der Waals surface area contributed by atoms with Gasteiger partial charge in [0, 0.05) is 13.1 Å². The molecule has 2 aromatic carbocycles. The maximum Gasteiger partial charge on any atom is 0.0230 e. The van der Waals surface area contributed by atoms with E-state index in [9.17, 15) is 0 Å². The highest BCUT2D eigenvalue weighted by molar-refractivity contribution is 5.63. The lowest BCUT2D eigenvalue weighted by Gasteiger charge is -2.17. The lowest BCUT2D eigenvalue weighted by atomic mass is 10.0. The lowest BCUT2D eigenvalue weighted by molar-refractivity contribution is 0.316. The van der Waals surface area contributed by atoms with Crippen molar-refractivity contribution in [3.05, 3.63) is 59.7 Å². The molecular weight excluding hydrogens is 532 g/mol. The van der Waals surface area contributed by atoms with E-state index in [0.29, 0.717) is 0 Å². The Kier molecular flexibility index (Phi) is 23.3. The Bertz CT molecular complexity index is 811. The number of hydrogen-bond donors (Lipinski definition) is 0. The van der Waals surface area contributed by atoms with Gasteiger partial charge in [-0.05, 0) is 62.3 Å². The maximum atomic E-state index is 2.49. The summed E-state index contributed by atoms with van der Waals surface area (Å²) >= 11 is 0. The largest absolute Gasteiger partial charge is 0.302 e. The standard InChI is InChI=1S/C42H72N2/c1-5-7-9-11-13-15-17-19-21-23-25-35-43(3)37-39-27-31-41(32-28-39)42-33-29-40(30-34-42)38-44(4)36-26-24-22-20-18-16-14-12-10-8-6-2/h27-34H,5-26,35-38H2,1-4H3.